The molecule has 3 N–H and O–H groups in total. The molecule has 0 radical (unpaired) electrons. The third-order valence-corrected chi connectivity index (χ3v) is 2.98. The van der Waals surface area contributed by atoms with Crippen molar-refractivity contribution in [3.8, 4) is 0 Å². The van der Waals surface area contributed by atoms with Crippen LogP contribution in [0.15, 0.2) is 24.3 Å². The van der Waals surface area contributed by atoms with Crippen LogP contribution in [0.25, 0.3) is 0 Å². The van der Waals surface area contributed by atoms with Gasteiger partial charge in [-0.3, -0.25) is 9.59 Å². The Bertz CT molecular complexity index is 613. The second kappa shape index (κ2) is 7.08. The van der Waals surface area contributed by atoms with E-state index in [1.165, 1.54) is 0 Å². The highest BCUT2D eigenvalue weighted by Gasteiger charge is 2.22. The van der Waals surface area contributed by atoms with Gasteiger partial charge in [-0.2, -0.15) is 0 Å². The van der Waals surface area contributed by atoms with Gasteiger partial charge in [0.15, 0.2) is 5.11 Å². The summed E-state index contributed by atoms with van der Waals surface area (Å²) in [6.45, 7) is 11.2. The fourth-order valence-electron chi connectivity index (χ4n) is 1.60. The van der Waals surface area contributed by atoms with Crippen molar-refractivity contribution in [3.63, 3.8) is 0 Å². The van der Waals surface area contributed by atoms with Gasteiger partial charge in [-0.05, 0) is 51.2 Å². The van der Waals surface area contributed by atoms with Crippen molar-refractivity contribution in [3.05, 3.63) is 29.8 Å². The maximum absolute atomic E-state index is 12.2. The molecule has 23 heavy (non-hydrogen) atoms. The zero-order valence-corrected chi connectivity index (χ0v) is 15.4. The largest absolute Gasteiger partial charge is 0.347 e. The van der Waals surface area contributed by atoms with Crippen LogP contribution in [0.3, 0.4) is 0 Å². The number of rotatable bonds is 2. The lowest BCUT2D eigenvalue weighted by atomic mass is 9.96. The van der Waals surface area contributed by atoms with E-state index in [-0.39, 0.29) is 22.5 Å². The minimum absolute atomic E-state index is 0.161. The summed E-state index contributed by atoms with van der Waals surface area (Å²) in [6, 6.07) is 6.96. The van der Waals surface area contributed by atoms with E-state index in [9.17, 15) is 9.59 Å². The molecule has 1 rings (SSSR count). The summed E-state index contributed by atoms with van der Waals surface area (Å²) in [6.07, 6.45) is 0. The summed E-state index contributed by atoms with van der Waals surface area (Å²) >= 11 is 5.13. The van der Waals surface area contributed by atoms with Crippen LogP contribution in [0, 0.1) is 5.41 Å². The van der Waals surface area contributed by atoms with Crippen LogP contribution in [0.5, 0.6) is 0 Å². The van der Waals surface area contributed by atoms with Gasteiger partial charge < -0.3 is 16.0 Å². The van der Waals surface area contributed by atoms with E-state index >= 15 is 0 Å². The number of thiocarbonyl (C=S) groups is 1. The zero-order valence-electron chi connectivity index (χ0n) is 14.5. The van der Waals surface area contributed by atoms with Gasteiger partial charge in [-0.1, -0.05) is 26.8 Å². The molecule has 0 aromatic heterocycles. The van der Waals surface area contributed by atoms with Gasteiger partial charge in [0.2, 0.25) is 5.91 Å². The first-order chi connectivity index (χ1) is 10.4. The highest BCUT2D eigenvalue weighted by atomic mass is 32.1. The quantitative estimate of drug-likeness (QED) is 0.727. The van der Waals surface area contributed by atoms with Crippen LogP contribution >= 0.6 is 12.2 Å². The zero-order chi connectivity index (χ0) is 17.8. The minimum Gasteiger partial charge on any atom is -0.347 e. The molecule has 2 amide bonds. The third kappa shape index (κ3) is 6.78. The van der Waals surface area contributed by atoms with Crippen LogP contribution < -0.4 is 16.0 Å². The summed E-state index contributed by atoms with van der Waals surface area (Å²) in [5.41, 5.74) is 0.331. The molecular formula is C17H25N3O2S. The Morgan fingerprint density at radius 2 is 1.65 bits per heavy atom. The molecule has 1 aromatic carbocycles. The topological polar surface area (TPSA) is 70.2 Å². The summed E-state index contributed by atoms with van der Waals surface area (Å²) < 4.78 is 0. The summed E-state index contributed by atoms with van der Waals surface area (Å²) in [7, 11) is 0. The van der Waals surface area contributed by atoms with Crippen molar-refractivity contribution >= 4 is 34.8 Å². The van der Waals surface area contributed by atoms with Crippen LogP contribution in [-0.4, -0.2) is 22.5 Å². The van der Waals surface area contributed by atoms with E-state index in [0.29, 0.717) is 11.3 Å². The van der Waals surface area contributed by atoms with Gasteiger partial charge in [0.1, 0.15) is 0 Å². The molecule has 1 aromatic rings. The predicted molar refractivity (Wildman–Crippen MR) is 97.5 cm³/mol. The predicted octanol–water partition coefficient (Wildman–Crippen LogP) is 3.07. The monoisotopic (exact) mass is 335 g/mol. The Kier molecular flexibility index (Phi) is 5.88. The molecule has 0 fully saturated rings. The Hall–Kier alpha value is -1.95. The van der Waals surface area contributed by atoms with Crippen molar-refractivity contribution in [2.24, 2.45) is 5.41 Å². The number of nitrogens with one attached hydrogen (secondary N) is 3. The van der Waals surface area contributed by atoms with E-state index < -0.39 is 5.41 Å². The number of benzene rings is 1. The van der Waals surface area contributed by atoms with Crippen LogP contribution in [0.2, 0.25) is 0 Å². The highest BCUT2D eigenvalue weighted by Crippen LogP contribution is 2.14. The summed E-state index contributed by atoms with van der Waals surface area (Å²) in [5.74, 6) is -0.331. The van der Waals surface area contributed by atoms with E-state index in [1.807, 2.05) is 41.5 Å². The van der Waals surface area contributed by atoms with Crippen LogP contribution in [-0.2, 0) is 4.79 Å². The molecule has 5 nitrogen and oxygen atoms in total. The Balaban J connectivity index is 2.76. The Morgan fingerprint density at radius 3 is 2.17 bits per heavy atom. The molecule has 126 valence electrons. The SMILES string of the molecule is CC(C)(C)NC(=O)c1cccc(NC(=S)NC(=O)C(C)(C)C)c1. The smallest absolute Gasteiger partial charge is 0.251 e. The minimum atomic E-state index is -0.528. The summed E-state index contributed by atoms with van der Waals surface area (Å²) in [5, 5.41) is 8.66. The lowest BCUT2D eigenvalue weighted by Crippen LogP contribution is -2.41. The Labute approximate surface area is 143 Å². The molecule has 0 aliphatic carbocycles. The van der Waals surface area contributed by atoms with Crippen molar-refractivity contribution in [2.45, 2.75) is 47.1 Å². The molecule has 0 saturated carbocycles. The lowest BCUT2D eigenvalue weighted by Gasteiger charge is -2.21. The number of carbonyl (C=O) groups is 2. The van der Waals surface area contributed by atoms with Crippen molar-refractivity contribution in [1.29, 1.82) is 0 Å². The Morgan fingerprint density at radius 1 is 1.04 bits per heavy atom. The highest BCUT2D eigenvalue weighted by molar-refractivity contribution is 7.80. The maximum Gasteiger partial charge on any atom is 0.251 e. The van der Waals surface area contributed by atoms with E-state index in [2.05, 4.69) is 16.0 Å². The second-order valence-electron chi connectivity index (χ2n) is 7.44. The number of hydrogen-bond acceptors (Lipinski definition) is 3. The van der Waals surface area contributed by atoms with Gasteiger partial charge in [0.25, 0.3) is 5.91 Å². The standard InChI is InChI=1S/C17H25N3O2S/c1-16(2,3)14(22)19-15(23)18-12-9-7-8-11(10-12)13(21)20-17(4,5)6/h7-10H,1-6H3,(H,20,21)(H2,18,19,22,23). The normalized spacial score (nSPS) is 11.6. The number of hydrogen-bond donors (Lipinski definition) is 3. The van der Waals surface area contributed by atoms with Crippen LogP contribution in [0.1, 0.15) is 51.9 Å². The van der Waals surface area contributed by atoms with Crippen molar-refractivity contribution in [2.75, 3.05) is 5.32 Å². The molecule has 0 atom stereocenters. The molecule has 0 bridgehead atoms. The molecule has 0 spiro atoms. The fourth-order valence-corrected chi connectivity index (χ4v) is 1.81. The fraction of sp³-hybridized carbons (Fsp3) is 0.471. The summed E-state index contributed by atoms with van der Waals surface area (Å²) in [4.78, 5) is 24.1. The van der Waals surface area contributed by atoms with E-state index in [0.717, 1.165) is 0 Å². The van der Waals surface area contributed by atoms with Gasteiger partial charge >= 0.3 is 0 Å². The molecule has 0 unspecified atom stereocenters. The molecule has 0 aliphatic heterocycles. The second-order valence-corrected chi connectivity index (χ2v) is 7.85. The first-order valence-electron chi connectivity index (χ1n) is 7.43. The van der Waals surface area contributed by atoms with Gasteiger partial charge in [0, 0.05) is 22.2 Å². The van der Waals surface area contributed by atoms with Gasteiger partial charge in [0.05, 0.1) is 0 Å². The molecule has 0 heterocycles. The maximum atomic E-state index is 12.2. The average molecular weight is 335 g/mol. The molecular weight excluding hydrogens is 310 g/mol. The van der Waals surface area contributed by atoms with E-state index in [4.69, 9.17) is 12.2 Å². The van der Waals surface area contributed by atoms with Gasteiger partial charge in [-0.25, -0.2) is 0 Å². The van der Waals surface area contributed by atoms with Crippen LogP contribution in [0.4, 0.5) is 5.69 Å². The first kappa shape index (κ1) is 19.1. The molecule has 6 heteroatoms. The third-order valence-electron chi connectivity index (χ3n) is 2.78. The van der Waals surface area contributed by atoms with Crippen molar-refractivity contribution < 1.29 is 9.59 Å². The number of anilines is 1. The van der Waals surface area contributed by atoms with E-state index in [1.54, 1.807) is 24.3 Å². The first-order valence-corrected chi connectivity index (χ1v) is 7.84. The number of carbonyl (C=O) groups excluding carboxylic acids is 2. The average Bonchev–Trinajstić information content (AvgIpc) is 2.35. The molecule has 0 saturated heterocycles. The van der Waals surface area contributed by atoms with Gasteiger partial charge in [-0.15, -0.1) is 0 Å². The lowest BCUT2D eigenvalue weighted by molar-refractivity contribution is -0.126. The number of amides is 2. The molecule has 0 aliphatic rings. The van der Waals surface area contributed by atoms with Crippen molar-refractivity contribution in [1.82, 2.24) is 10.6 Å².